The van der Waals surface area contributed by atoms with Crippen LogP contribution in [-0.4, -0.2) is 0 Å². The third kappa shape index (κ3) is 3.14. The first-order valence-electron chi connectivity index (χ1n) is 9.56. The molecule has 0 spiro atoms. The monoisotopic (exact) mass is 326 g/mol. The lowest BCUT2D eigenvalue weighted by Crippen LogP contribution is -2.36. The van der Waals surface area contributed by atoms with Crippen LogP contribution in [0.5, 0.6) is 0 Å². The molecule has 3 aromatic rings. The molecule has 126 valence electrons. The van der Waals surface area contributed by atoms with Gasteiger partial charge < -0.3 is 0 Å². The van der Waals surface area contributed by atoms with E-state index in [1.165, 1.54) is 48.8 Å². The number of rotatable bonds is 4. The molecule has 0 atom stereocenters. The molecule has 4 rings (SSSR count). The Morgan fingerprint density at radius 2 is 0.960 bits per heavy atom. The minimum atomic E-state index is 0.197. The predicted octanol–water partition coefficient (Wildman–Crippen LogP) is 6.72. The van der Waals surface area contributed by atoms with Crippen molar-refractivity contribution in [1.29, 1.82) is 0 Å². The average Bonchev–Trinajstić information content (AvgIpc) is 2.71. The molecule has 0 heterocycles. The first kappa shape index (κ1) is 16.1. The van der Waals surface area contributed by atoms with E-state index in [1.54, 1.807) is 0 Å². The third-order valence-electron chi connectivity index (χ3n) is 5.91. The molecular formula is C25H26. The van der Waals surface area contributed by atoms with Crippen molar-refractivity contribution in [2.75, 3.05) is 0 Å². The van der Waals surface area contributed by atoms with E-state index in [0.717, 1.165) is 0 Å². The van der Waals surface area contributed by atoms with Gasteiger partial charge in [0, 0.05) is 11.3 Å². The van der Waals surface area contributed by atoms with Gasteiger partial charge in [0.2, 0.25) is 0 Å². The van der Waals surface area contributed by atoms with Gasteiger partial charge in [0.05, 0.1) is 0 Å². The highest BCUT2D eigenvalue weighted by molar-refractivity contribution is 5.42. The van der Waals surface area contributed by atoms with Crippen molar-refractivity contribution in [3.63, 3.8) is 0 Å². The Labute approximate surface area is 151 Å². The number of hydrogen-bond acceptors (Lipinski definition) is 0. The van der Waals surface area contributed by atoms with Gasteiger partial charge in [-0.15, -0.1) is 0 Å². The summed E-state index contributed by atoms with van der Waals surface area (Å²) in [5.74, 6) is 0.414. The van der Waals surface area contributed by atoms with Crippen LogP contribution in [0.15, 0.2) is 91.0 Å². The van der Waals surface area contributed by atoms with Crippen molar-refractivity contribution in [3.05, 3.63) is 108 Å². The van der Waals surface area contributed by atoms with Gasteiger partial charge in [-0.3, -0.25) is 0 Å². The predicted molar refractivity (Wildman–Crippen MR) is 106 cm³/mol. The number of benzene rings is 3. The standard InChI is InChI=1S/C25H26/c1-5-13-21(14-6-1)24(22-15-7-2-8-16-22)25(19-11-4-12-20-25)23-17-9-3-10-18-23/h1-3,5-10,13-18,24H,4,11-12,19-20H2. The van der Waals surface area contributed by atoms with Crippen molar-refractivity contribution >= 4 is 0 Å². The molecule has 25 heavy (non-hydrogen) atoms. The van der Waals surface area contributed by atoms with Crippen LogP contribution < -0.4 is 0 Å². The SMILES string of the molecule is c1ccc(C(c2ccccc2)C2(c3ccccc3)CCCCC2)cc1. The van der Waals surface area contributed by atoms with E-state index < -0.39 is 0 Å². The zero-order chi connectivity index (χ0) is 17.0. The minimum Gasteiger partial charge on any atom is -0.0622 e. The van der Waals surface area contributed by atoms with Gasteiger partial charge >= 0.3 is 0 Å². The van der Waals surface area contributed by atoms with E-state index >= 15 is 0 Å². The molecule has 1 fully saturated rings. The highest BCUT2D eigenvalue weighted by Crippen LogP contribution is 2.52. The zero-order valence-electron chi connectivity index (χ0n) is 14.8. The number of hydrogen-bond donors (Lipinski definition) is 0. The fourth-order valence-corrected chi connectivity index (χ4v) is 4.82. The van der Waals surface area contributed by atoms with Crippen LogP contribution in [-0.2, 0) is 5.41 Å². The fraction of sp³-hybridized carbons (Fsp3) is 0.280. The molecular weight excluding hydrogens is 300 g/mol. The molecule has 0 N–H and O–H groups in total. The van der Waals surface area contributed by atoms with Crippen LogP contribution in [0.3, 0.4) is 0 Å². The van der Waals surface area contributed by atoms with Gasteiger partial charge in [-0.2, -0.15) is 0 Å². The average molecular weight is 326 g/mol. The molecule has 0 aromatic heterocycles. The van der Waals surface area contributed by atoms with Gasteiger partial charge in [-0.25, -0.2) is 0 Å². The Kier molecular flexibility index (Phi) is 4.70. The Balaban J connectivity index is 1.91. The van der Waals surface area contributed by atoms with Crippen LogP contribution in [0.1, 0.15) is 54.7 Å². The van der Waals surface area contributed by atoms with Gasteiger partial charge in [-0.05, 0) is 29.5 Å². The molecule has 1 aliphatic rings. The van der Waals surface area contributed by atoms with Crippen molar-refractivity contribution in [1.82, 2.24) is 0 Å². The molecule has 0 amide bonds. The molecule has 1 aliphatic carbocycles. The summed E-state index contributed by atoms with van der Waals surface area (Å²) in [7, 11) is 0. The zero-order valence-corrected chi connectivity index (χ0v) is 14.8. The van der Waals surface area contributed by atoms with E-state index in [1.807, 2.05) is 0 Å². The molecule has 0 saturated heterocycles. The summed E-state index contributed by atoms with van der Waals surface area (Å²) >= 11 is 0. The minimum absolute atomic E-state index is 0.197. The summed E-state index contributed by atoms with van der Waals surface area (Å²) < 4.78 is 0. The second kappa shape index (κ2) is 7.27. The first-order chi connectivity index (χ1) is 12.4. The molecule has 1 saturated carbocycles. The van der Waals surface area contributed by atoms with E-state index in [2.05, 4.69) is 91.0 Å². The summed E-state index contributed by atoms with van der Waals surface area (Å²) in [6, 6.07) is 33.5. The van der Waals surface area contributed by atoms with Crippen LogP contribution in [0.25, 0.3) is 0 Å². The molecule has 3 aromatic carbocycles. The van der Waals surface area contributed by atoms with Gasteiger partial charge in [0.1, 0.15) is 0 Å². The Morgan fingerprint density at radius 1 is 0.520 bits per heavy atom. The molecule has 0 bridgehead atoms. The van der Waals surface area contributed by atoms with Crippen molar-refractivity contribution in [2.45, 2.75) is 43.4 Å². The smallest absolute Gasteiger partial charge is 0.0186 e. The maximum Gasteiger partial charge on any atom is 0.0186 e. The van der Waals surface area contributed by atoms with E-state index in [-0.39, 0.29) is 5.41 Å². The summed E-state index contributed by atoms with van der Waals surface area (Å²) in [4.78, 5) is 0. The lowest BCUT2D eigenvalue weighted by molar-refractivity contribution is 0.262. The second-order valence-corrected chi connectivity index (χ2v) is 7.34. The van der Waals surface area contributed by atoms with Gasteiger partial charge in [-0.1, -0.05) is 110 Å². The normalized spacial score (nSPS) is 16.7. The molecule has 0 heteroatoms. The Morgan fingerprint density at radius 3 is 1.44 bits per heavy atom. The maximum absolute atomic E-state index is 2.35. The van der Waals surface area contributed by atoms with E-state index in [4.69, 9.17) is 0 Å². The van der Waals surface area contributed by atoms with E-state index in [0.29, 0.717) is 5.92 Å². The largest absolute Gasteiger partial charge is 0.0622 e. The molecule has 0 aliphatic heterocycles. The molecule has 0 nitrogen and oxygen atoms in total. The van der Waals surface area contributed by atoms with Crippen LogP contribution in [0.2, 0.25) is 0 Å². The topological polar surface area (TPSA) is 0 Å². The van der Waals surface area contributed by atoms with Crippen LogP contribution in [0, 0.1) is 0 Å². The van der Waals surface area contributed by atoms with Gasteiger partial charge in [0.25, 0.3) is 0 Å². The van der Waals surface area contributed by atoms with Crippen molar-refractivity contribution in [2.24, 2.45) is 0 Å². The highest BCUT2D eigenvalue weighted by Gasteiger charge is 2.42. The van der Waals surface area contributed by atoms with Gasteiger partial charge in [0.15, 0.2) is 0 Å². The van der Waals surface area contributed by atoms with Crippen LogP contribution in [0.4, 0.5) is 0 Å². The van der Waals surface area contributed by atoms with Crippen LogP contribution >= 0.6 is 0 Å². The Hall–Kier alpha value is -2.34. The second-order valence-electron chi connectivity index (χ2n) is 7.34. The lowest BCUT2D eigenvalue weighted by Gasteiger charge is -2.45. The summed E-state index contributed by atoms with van der Waals surface area (Å²) in [5, 5.41) is 0. The summed E-state index contributed by atoms with van der Waals surface area (Å²) in [6.07, 6.45) is 6.55. The summed E-state index contributed by atoms with van der Waals surface area (Å²) in [5.41, 5.74) is 4.59. The molecule has 0 radical (unpaired) electrons. The summed E-state index contributed by atoms with van der Waals surface area (Å²) in [6.45, 7) is 0. The maximum atomic E-state index is 2.35. The fourth-order valence-electron chi connectivity index (χ4n) is 4.82. The van der Waals surface area contributed by atoms with E-state index in [9.17, 15) is 0 Å². The van der Waals surface area contributed by atoms with Crippen molar-refractivity contribution < 1.29 is 0 Å². The third-order valence-corrected chi connectivity index (χ3v) is 5.91. The highest BCUT2D eigenvalue weighted by atomic mass is 14.5. The Bertz CT molecular complexity index is 729. The first-order valence-corrected chi connectivity index (χ1v) is 9.56. The quantitative estimate of drug-likeness (QED) is 0.499. The lowest BCUT2D eigenvalue weighted by atomic mass is 9.58. The van der Waals surface area contributed by atoms with Crippen molar-refractivity contribution in [3.8, 4) is 0 Å². The molecule has 0 unspecified atom stereocenters.